The molecule has 1 aromatic carbocycles. The third-order valence-corrected chi connectivity index (χ3v) is 1.74. The molecule has 4 heteroatoms. The lowest BCUT2D eigenvalue weighted by Gasteiger charge is -2.10. The fourth-order valence-corrected chi connectivity index (χ4v) is 1.04. The van der Waals surface area contributed by atoms with Crippen LogP contribution in [0.15, 0.2) is 18.2 Å². The highest BCUT2D eigenvalue weighted by Crippen LogP contribution is 2.20. The van der Waals surface area contributed by atoms with E-state index in [9.17, 15) is 4.39 Å². The van der Waals surface area contributed by atoms with E-state index in [4.69, 9.17) is 15.6 Å². The highest BCUT2D eigenvalue weighted by Gasteiger charge is 2.08. The number of aromatic hydroxyl groups is 1. The summed E-state index contributed by atoms with van der Waals surface area (Å²) in [7, 11) is 1.53. The van der Waals surface area contributed by atoms with Gasteiger partial charge in [0, 0.05) is 7.11 Å². The first kappa shape index (κ1) is 9.95. The van der Waals surface area contributed by atoms with Crippen LogP contribution < -0.4 is 5.73 Å². The molecular formula is C9H12FNO2. The zero-order valence-corrected chi connectivity index (χ0v) is 7.33. The summed E-state index contributed by atoms with van der Waals surface area (Å²) < 4.78 is 17.5. The van der Waals surface area contributed by atoms with E-state index in [-0.39, 0.29) is 11.8 Å². The molecule has 0 radical (unpaired) electrons. The Morgan fingerprint density at radius 1 is 1.62 bits per heavy atom. The van der Waals surface area contributed by atoms with Gasteiger partial charge in [0.2, 0.25) is 0 Å². The number of hydrogen-bond donors (Lipinski definition) is 2. The van der Waals surface area contributed by atoms with Gasteiger partial charge in [0.25, 0.3) is 0 Å². The molecule has 3 nitrogen and oxygen atoms in total. The van der Waals surface area contributed by atoms with Gasteiger partial charge in [-0.1, -0.05) is 6.07 Å². The highest BCUT2D eigenvalue weighted by molar-refractivity contribution is 5.30. The van der Waals surface area contributed by atoms with Crippen LogP contribution in [0, 0.1) is 5.82 Å². The summed E-state index contributed by atoms with van der Waals surface area (Å²) >= 11 is 0. The van der Waals surface area contributed by atoms with Crippen molar-refractivity contribution < 1.29 is 14.2 Å². The summed E-state index contributed by atoms with van der Waals surface area (Å²) in [6.07, 6.45) is 0. The van der Waals surface area contributed by atoms with Crippen LogP contribution in [0.2, 0.25) is 0 Å². The van der Waals surface area contributed by atoms with Crippen molar-refractivity contribution in [1.29, 1.82) is 0 Å². The molecule has 0 aromatic heterocycles. The number of phenolic OH excluding ortho intramolecular Hbond substituents is 1. The van der Waals surface area contributed by atoms with Crippen LogP contribution in [0.1, 0.15) is 11.6 Å². The number of hydrogen-bond acceptors (Lipinski definition) is 3. The van der Waals surface area contributed by atoms with Gasteiger partial charge in [-0.2, -0.15) is 0 Å². The van der Waals surface area contributed by atoms with Gasteiger partial charge in [-0.3, -0.25) is 0 Å². The Labute approximate surface area is 75.9 Å². The maximum Gasteiger partial charge on any atom is 0.164 e. The van der Waals surface area contributed by atoms with E-state index in [1.165, 1.54) is 25.3 Å². The van der Waals surface area contributed by atoms with Gasteiger partial charge in [-0.15, -0.1) is 0 Å². The van der Waals surface area contributed by atoms with E-state index >= 15 is 0 Å². The second kappa shape index (κ2) is 4.20. The topological polar surface area (TPSA) is 55.5 Å². The summed E-state index contributed by atoms with van der Waals surface area (Å²) in [4.78, 5) is 0. The van der Waals surface area contributed by atoms with Gasteiger partial charge in [0.15, 0.2) is 11.6 Å². The second-order valence-electron chi connectivity index (χ2n) is 2.77. The van der Waals surface area contributed by atoms with Crippen LogP contribution in [0.4, 0.5) is 4.39 Å². The van der Waals surface area contributed by atoms with E-state index in [1.54, 1.807) is 0 Å². The number of ether oxygens (including phenoxy) is 1. The van der Waals surface area contributed by atoms with E-state index < -0.39 is 5.82 Å². The molecule has 0 aliphatic rings. The van der Waals surface area contributed by atoms with Crippen LogP contribution in [-0.2, 0) is 4.74 Å². The van der Waals surface area contributed by atoms with Crippen molar-refractivity contribution in [1.82, 2.24) is 0 Å². The van der Waals surface area contributed by atoms with Crippen molar-refractivity contribution in [3.8, 4) is 5.75 Å². The van der Waals surface area contributed by atoms with E-state index in [0.717, 1.165) is 0 Å². The molecule has 0 bridgehead atoms. The Balaban J connectivity index is 2.84. The third kappa shape index (κ3) is 2.40. The molecule has 0 aliphatic heterocycles. The van der Waals surface area contributed by atoms with E-state index in [1.807, 2.05) is 0 Å². The SMILES string of the molecule is COCC(N)c1ccc(F)c(O)c1. The number of phenols is 1. The van der Waals surface area contributed by atoms with Crippen LogP contribution in [0.25, 0.3) is 0 Å². The molecule has 1 rings (SSSR count). The smallest absolute Gasteiger partial charge is 0.164 e. The minimum absolute atomic E-state index is 0.337. The van der Waals surface area contributed by atoms with Gasteiger partial charge < -0.3 is 15.6 Å². The molecule has 0 amide bonds. The monoisotopic (exact) mass is 185 g/mol. The maximum atomic E-state index is 12.6. The van der Waals surface area contributed by atoms with Crippen molar-refractivity contribution >= 4 is 0 Å². The molecular weight excluding hydrogens is 173 g/mol. The predicted molar refractivity (Wildman–Crippen MR) is 46.9 cm³/mol. The number of halogens is 1. The molecule has 0 spiro atoms. The molecule has 3 N–H and O–H groups in total. The quantitative estimate of drug-likeness (QED) is 0.743. The zero-order chi connectivity index (χ0) is 9.84. The van der Waals surface area contributed by atoms with Gasteiger partial charge >= 0.3 is 0 Å². The highest BCUT2D eigenvalue weighted by atomic mass is 19.1. The predicted octanol–water partition coefficient (Wildman–Crippen LogP) is 1.18. The lowest BCUT2D eigenvalue weighted by molar-refractivity contribution is 0.181. The Kier molecular flexibility index (Phi) is 3.22. The molecule has 1 unspecified atom stereocenters. The van der Waals surface area contributed by atoms with Gasteiger partial charge in [-0.25, -0.2) is 4.39 Å². The Bertz CT molecular complexity index is 291. The molecule has 13 heavy (non-hydrogen) atoms. The standard InChI is InChI=1S/C9H12FNO2/c1-13-5-8(11)6-2-3-7(10)9(12)4-6/h2-4,8,12H,5,11H2,1H3. The molecule has 0 heterocycles. The first-order valence-corrected chi connectivity index (χ1v) is 3.88. The van der Waals surface area contributed by atoms with Gasteiger partial charge in [0.05, 0.1) is 12.6 Å². The van der Waals surface area contributed by atoms with Crippen molar-refractivity contribution in [3.05, 3.63) is 29.6 Å². The Hall–Kier alpha value is -1.13. The number of rotatable bonds is 3. The first-order valence-electron chi connectivity index (χ1n) is 3.88. The minimum atomic E-state index is -0.645. The first-order chi connectivity index (χ1) is 6.15. The Morgan fingerprint density at radius 2 is 2.31 bits per heavy atom. The maximum absolute atomic E-state index is 12.6. The van der Waals surface area contributed by atoms with Crippen LogP contribution in [0.5, 0.6) is 5.75 Å². The average Bonchev–Trinajstić information content (AvgIpc) is 2.10. The van der Waals surface area contributed by atoms with Crippen LogP contribution >= 0.6 is 0 Å². The largest absolute Gasteiger partial charge is 0.505 e. The fraction of sp³-hybridized carbons (Fsp3) is 0.333. The molecule has 1 aromatic rings. The number of benzene rings is 1. The van der Waals surface area contributed by atoms with Crippen LogP contribution in [0.3, 0.4) is 0 Å². The van der Waals surface area contributed by atoms with Crippen LogP contribution in [-0.4, -0.2) is 18.8 Å². The van der Waals surface area contributed by atoms with E-state index in [2.05, 4.69) is 0 Å². The van der Waals surface area contributed by atoms with E-state index in [0.29, 0.717) is 12.2 Å². The summed E-state index contributed by atoms with van der Waals surface area (Å²) in [6, 6.07) is 3.68. The van der Waals surface area contributed by atoms with Crippen molar-refractivity contribution in [3.63, 3.8) is 0 Å². The summed E-state index contributed by atoms with van der Waals surface area (Å²) in [6.45, 7) is 0.338. The molecule has 0 saturated heterocycles. The molecule has 0 fully saturated rings. The summed E-state index contributed by atoms with van der Waals surface area (Å²) in [5.74, 6) is -1.03. The van der Waals surface area contributed by atoms with Gasteiger partial charge in [-0.05, 0) is 17.7 Å². The molecule has 72 valence electrons. The summed E-state index contributed by atoms with van der Waals surface area (Å²) in [5.41, 5.74) is 6.32. The minimum Gasteiger partial charge on any atom is -0.505 e. The average molecular weight is 185 g/mol. The summed E-state index contributed by atoms with van der Waals surface area (Å²) in [5, 5.41) is 9.05. The number of methoxy groups -OCH3 is 1. The van der Waals surface area contributed by atoms with Gasteiger partial charge in [0.1, 0.15) is 0 Å². The Morgan fingerprint density at radius 3 is 2.85 bits per heavy atom. The molecule has 0 aliphatic carbocycles. The fourth-order valence-electron chi connectivity index (χ4n) is 1.04. The zero-order valence-electron chi connectivity index (χ0n) is 7.33. The number of nitrogens with two attached hydrogens (primary N) is 1. The second-order valence-corrected chi connectivity index (χ2v) is 2.77. The lowest BCUT2D eigenvalue weighted by Crippen LogP contribution is -2.15. The molecule has 1 atom stereocenters. The normalized spacial score (nSPS) is 12.8. The molecule has 0 saturated carbocycles. The van der Waals surface area contributed by atoms with Crippen molar-refractivity contribution in [2.45, 2.75) is 6.04 Å². The van der Waals surface area contributed by atoms with Crippen molar-refractivity contribution in [2.24, 2.45) is 5.73 Å². The van der Waals surface area contributed by atoms with Crippen molar-refractivity contribution in [2.75, 3.05) is 13.7 Å². The lowest BCUT2D eigenvalue weighted by atomic mass is 10.1. The third-order valence-electron chi connectivity index (χ3n) is 1.74.